The molecule has 1 N–H and O–H groups in total. The van der Waals surface area contributed by atoms with Gasteiger partial charge in [0.15, 0.2) is 0 Å². The molecule has 0 saturated heterocycles. The predicted octanol–water partition coefficient (Wildman–Crippen LogP) is 4.26. The van der Waals surface area contributed by atoms with E-state index >= 15 is 0 Å². The quantitative estimate of drug-likeness (QED) is 0.304. The van der Waals surface area contributed by atoms with Crippen LogP contribution in [0.25, 0.3) is 10.2 Å². The zero-order valence-electron chi connectivity index (χ0n) is 14.4. The van der Waals surface area contributed by atoms with E-state index in [4.69, 9.17) is 0 Å². The van der Waals surface area contributed by atoms with Crippen molar-refractivity contribution in [2.45, 2.75) is 25.8 Å². The molecule has 134 valence electrons. The van der Waals surface area contributed by atoms with Crippen LogP contribution < -0.4 is 5.32 Å². The summed E-state index contributed by atoms with van der Waals surface area (Å²) in [6.45, 7) is 5.87. The number of nitro benzene ring substituents is 1. The maximum atomic E-state index is 12.3. The Labute approximate surface area is 158 Å². The van der Waals surface area contributed by atoms with Gasteiger partial charge >= 0.3 is 0 Å². The molecule has 0 aliphatic rings. The molecule has 0 spiro atoms. The number of carbonyl (C=O) groups excluding carboxylic acids is 1. The smallest absolute Gasteiger partial charge is 0.292 e. The van der Waals surface area contributed by atoms with E-state index in [1.807, 2.05) is 20.8 Å². The molecule has 2 aromatic heterocycles. The molecule has 2 heterocycles. The Morgan fingerprint density at radius 3 is 2.73 bits per heavy atom. The van der Waals surface area contributed by atoms with Gasteiger partial charge < -0.3 is 5.32 Å². The van der Waals surface area contributed by atoms with Gasteiger partial charge in [0, 0.05) is 16.3 Å². The van der Waals surface area contributed by atoms with Crippen LogP contribution in [-0.2, 0) is 4.79 Å². The lowest BCUT2D eigenvalue weighted by Crippen LogP contribution is -2.15. The normalized spacial score (nSPS) is 10.9. The van der Waals surface area contributed by atoms with Gasteiger partial charge in [-0.1, -0.05) is 23.9 Å². The molecule has 0 aliphatic heterocycles. The van der Waals surface area contributed by atoms with E-state index in [0.717, 1.165) is 20.8 Å². The van der Waals surface area contributed by atoms with Gasteiger partial charge in [0.05, 0.1) is 10.7 Å². The van der Waals surface area contributed by atoms with Crippen molar-refractivity contribution in [2.75, 3.05) is 11.1 Å². The number of hydrogen-bond donors (Lipinski definition) is 1. The second-order valence-corrected chi connectivity index (χ2v) is 7.82. The third-order valence-electron chi connectivity index (χ3n) is 3.82. The highest BCUT2D eigenvalue weighted by Crippen LogP contribution is 2.35. The van der Waals surface area contributed by atoms with Gasteiger partial charge in [-0.3, -0.25) is 14.9 Å². The van der Waals surface area contributed by atoms with Crippen LogP contribution in [0.4, 0.5) is 11.4 Å². The summed E-state index contributed by atoms with van der Waals surface area (Å²) >= 11 is 2.92. The number of nitrogens with zero attached hydrogens (tertiary/aromatic N) is 3. The number of aromatic nitrogens is 2. The number of thiophene rings is 1. The second-order valence-electron chi connectivity index (χ2n) is 5.65. The Hall–Kier alpha value is -2.52. The zero-order valence-corrected chi connectivity index (χ0v) is 16.0. The number of fused-ring (bicyclic) bond motifs is 1. The Morgan fingerprint density at radius 1 is 1.27 bits per heavy atom. The third kappa shape index (κ3) is 3.68. The standard InChI is InChI=1S/C17H16N4O3S2/c1-9-10(2)26-17-15(9)16(18-11(3)19-17)25-8-14(22)20-12-6-4-5-7-13(12)21(23)24/h4-7H,8H2,1-3H3,(H,20,22). The van der Waals surface area contributed by atoms with Crippen LogP contribution in [0.15, 0.2) is 29.3 Å². The molecule has 0 aliphatic carbocycles. The molecule has 3 rings (SSSR count). The predicted molar refractivity (Wildman–Crippen MR) is 104 cm³/mol. The zero-order chi connectivity index (χ0) is 18.8. The molecule has 0 unspecified atom stereocenters. The number of thioether (sulfide) groups is 1. The minimum atomic E-state index is -0.516. The van der Waals surface area contributed by atoms with Crippen LogP contribution >= 0.6 is 23.1 Å². The highest BCUT2D eigenvalue weighted by Gasteiger charge is 2.17. The van der Waals surface area contributed by atoms with Gasteiger partial charge in [-0.2, -0.15) is 0 Å². The van der Waals surface area contributed by atoms with Crippen LogP contribution in [0.5, 0.6) is 0 Å². The summed E-state index contributed by atoms with van der Waals surface area (Å²) in [6, 6.07) is 6.08. The number of benzene rings is 1. The number of aryl methyl sites for hydroxylation is 3. The topological polar surface area (TPSA) is 98.0 Å². The van der Waals surface area contributed by atoms with Crippen LogP contribution in [0, 0.1) is 30.9 Å². The largest absolute Gasteiger partial charge is 0.320 e. The number of nitro groups is 1. The SMILES string of the molecule is Cc1nc(SCC(=O)Nc2ccccc2[N+](=O)[O-])c2c(C)c(C)sc2n1. The van der Waals surface area contributed by atoms with Crippen molar-refractivity contribution in [3.8, 4) is 0 Å². The van der Waals surface area contributed by atoms with E-state index in [1.54, 1.807) is 23.5 Å². The second kappa shape index (κ2) is 7.38. The fourth-order valence-corrected chi connectivity index (χ4v) is 4.55. The van der Waals surface area contributed by atoms with Crippen molar-refractivity contribution < 1.29 is 9.72 Å². The van der Waals surface area contributed by atoms with Gasteiger partial charge in [0.1, 0.15) is 21.4 Å². The van der Waals surface area contributed by atoms with Crippen LogP contribution in [0.3, 0.4) is 0 Å². The number of anilines is 1. The number of nitrogens with one attached hydrogen (secondary N) is 1. The fraction of sp³-hybridized carbons (Fsp3) is 0.235. The number of para-hydroxylation sites is 2. The van der Waals surface area contributed by atoms with Crippen molar-refractivity contribution >= 4 is 50.6 Å². The molecular formula is C17H16N4O3S2. The van der Waals surface area contributed by atoms with E-state index in [0.29, 0.717) is 5.82 Å². The molecule has 1 aromatic carbocycles. The molecule has 9 heteroatoms. The molecular weight excluding hydrogens is 372 g/mol. The van der Waals surface area contributed by atoms with Crippen molar-refractivity contribution in [1.29, 1.82) is 0 Å². The summed E-state index contributed by atoms with van der Waals surface area (Å²) in [7, 11) is 0. The summed E-state index contributed by atoms with van der Waals surface area (Å²) in [4.78, 5) is 33.8. The average molecular weight is 388 g/mol. The molecule has 26 heavy (non-hydrogen) atoms. The first-order valence-corrected chi connectivity index (χ1v) is 9.57. The molecule has 0 bridgehead atoms. The van der Waals surface area contributed by atoms with Crippen molar-refractivity contribution in [2.24, 2.45) is 0 Å². The highest BCUT2D eigenvalue weighted by atomic mass is 32.2. The summed E-state index contributed by atoms with van der Waals surface area (Å²) in [5, 5.41) is 15.4. The Kier molecular flexibility index (Phi) is 5.19. The summed E-state index contributed by atoms with van der Waals surface area (Å²) in [6.07, 6.45) is 0. The molecule has 7 nitrogen and oxygen atoms in total. The average Bonchev–Trinajstić information content (AvgIpc) is 2.87. The Morgan fingerprint density at radius 2 is 2.00 bits per heavy atom. The maximum Gasteiger partial charge on any atom is 0.292 e. The van der Waals surface area contributed by atoms with Gasteiger partial charge in [0.2, 0.25) is 5.91 Å². The van der Waals surface area contributed by atoms with Gasteiger partial charge in [-0.25, -0.2) is 9.97 Å². The Bertz CT molecular complexity index is 1020. The lowest BCUT2D eigenvalue weighted by atomic mass is 10.2. The number of hydrogen-bond acceptors (Lipinski definition) is 7. The molecule has 0 fully saturated rings. The number of carbonyl (C=O) groups is 1. The lowest BCUT2D eigenvalue weighted by Gasteiger charge is -2.07. The van der Waals surface area contributed by atoms with E-state index < -0.39 is 4.92 Å². The van der Waals surface area contributed by atoms with Gasteiger partial charge in [-0.05, 0) is 32.4 Å². The Balaban J connectivity index is 1.79. The summed E-state index contributed by atoms with van der Waals surface area (Å²) < 4.78 is 0. The fourth-order valence-electron chi connectivity index (χ4n) is 2.48. The lowest BCUT2D eigenvalue weighted by molar-refractivity contribution is -0.383. The van der Waals surface area contributed by atoms with E-state index in [-0.39, 0.29) is 23.0 Å². The molecule has 1 amide bonds. The molecule has 0 atom stereocenters. The van der Waals surface area contributed by atoms with E-state index in [1.165, 1.54) is 28.8 Å². The summed E-state index contributed by atoms with van der Waals surface area (Å²) in [5.41, 5.74) is 1.18. The van der Waals surface area contributed by atoms with Gasteiger partial charge in [-0.15, -0.1) is 11.3 Å². The van der Waals surface area contributed by atoms with Crippen molar-refractivity contribution in [3.05, 3.63) is 50.6 Å². The van der Waals surface area contributed by atoms with E-state index in [9.17, 15) is 14.9 Å². The molecule has 0 saturated carbocycles. The number of rotatable bonds is 5. The monoisotopic (exact) mass is 388 g/mol. The van der Waals surface area contributed by atoms with Gasteiger partial charge in [0.25, 0.3) is 5.69 Å². The molecule has 3 aromatic rings. The third-order valence-corrected chi connectivity index (χ3v) is 5.90. The first-order chi connectivity index (χ1) is 12.4. The highest BCUT2D eigenvalue weighted by molar-refractivity contribution is 8.00. The minimum Gasteiger partial charge on any atom is -0.320 e. The minimum absolute atomic E-state index is 0.103. The molecule has 0 radical (unpaired) electrons. The van der Waals surface area contributed by atoms with Crippen molar-refractivity contribution in [1.82, 2.24) is 9.97 Å². The van der Waals surface area contributed by atoms with Crippen LogP contribution in [0.2, 0.25) is 0 Å². The first-order valence-electron chi connectivity index (χ1n) is 7.77. The van der Waals surface area contributed by atoms with Crippen molar-refractivity contribution in [3.63, 3.8) is 0 Å². The number of amides is 1. The maximum absolute atomic E-state index is 12.3. The van der Waals surface area contributed by atoms with Crippen LogP contribution in [-0.4, -0.2) is 26.6 Å². The first kappa shape index (κ1) is 18.3. The van der Waals surface area contributed by atoms with E-state index in [2.05, 4.69) is 15.3 Å². The summed E-state index contributed by atoms with van der Waals surface area (Å²) in [5.74, 6) is 0.435. The van der Waals surface area contributed by atoms with Crippen LogP contribution in [0.1, 0.15) is 16.3 Å².